The Morgan fingerprint density at radius 2 is 2.07 bits per heavy atom. The normalized spacial score (nSPS) is 14.1. The lowest BCUT2D eigenvalue weighted by molar-refractivity contribution is 0.221. The molecule has 0 aliphatic heterocycles. The lowest BCUT2D eigenvalue weighted by Crippen LogP contribution is -2.18. The number of nitrogens with two attached hydrogens (primary N) is 1. The van der Waals surface area contributed by atoms with Crippen LogP contribution in [-0.2, 0) is 12.1 Å². The van der Waals surface area contributed by atoms with E-state index in [2.05, 4.69) is 0 Å². The molecule has 0 saturated carbocycles. The maximum atomic E-state index is 13.6. The summed E-state index contributed by atoms with van der Waals surface area (Å²) in [5.41, 5.74) is 6.24. The fourth-order valence-electron chi connectivity index (χ4n) is 1.44. The van der Waals surface area contributed by atoms with Crippen LogP contribution >= 0.6 is 0 Å². The average Bonchev–Trinajstić information content (AvgIpc) is 2.01. The van der Waals surface area contributed by atoms with Gasteiger partial charge in [0.25, 0.3) is 0 Å². The van der Waals surface area contributed by atoms with Crippen molar-refractivity contribution in [3.05, 3.63) is 35.4 Å². The Morgan fingerprint density at radius 1 is 1.43 bits per heavy atom. The van der Waals surface area contributed by atoms with Crippen LogP contribution in [0.5, 0.6) is 0 Å². The summed E-state index contributed by atoms with van der Waals surface area (Å²) in [6.07, 6.45) is 0.796. The van der Waals surface area contributed by atoms with Crippen molar-refractivity contribution in [2.24, 2.45) is 5.73 Å². The van der Waals surface area contributed by atoms with Gasteiger partial charge in [0.1, 0.15) is 5.67 Å². The van der Waals surface area contributed by atoms with Crippen LogP contribution in [0.1, 0.15) is 31.9 Å². The molecule has 0 aliphatic rings. The van der Waals surface area contributed by atoms with Crippen molar-refractivity contribution in [1.82, 2.24) is 0 Å². The highest BCUT2D eigenvalue weighted by atomic mass is 19.1. The lowest BCUT2D eigenvalue weighted by Gasteiger charge is -2.16. The van der Waals surface area contributed by atoms with Gasteiger partial charge in [-0.15, -0.1) is 0 Å². The van der Waals surface area contributed by atoms with E-state index in [0.29, 0.717) is 0 Å². The monoisotopic (exact) mass is 195 g/mol. The van der Waals surface area contributed by atoms with E-state index in [-0.39, 0.29) is 6.04 Å². The van der Waals surface area contributed by atoms with E-state index in [9.17, 15) is 4.39 Å². The van der Waals surface area contributed by atoms with Crippen LogP contribution in [-0.4, -0.2) is 6.04 Å². The Bertz CT molecular complexity index is 299. The molecule has 0 heterocycles. The molecule has 0 spiro atoms. The van der Waals surface area contributed by atoms with E-state index in [1.165, 1.54) is 0 Å². The number of hydrogen-bond donors (Lipinski definition) is 1. The van der Waals surface area contributed by atoms with Crippen LogP contribution in [0.25, 0.3) is 0 Å². The van der Waals surface area contributed by atoms with Gasteiger partial charge >= 0.3 is 0 Å². The predicted octanol–water partition coefficient (Wildman–Crippen LogP) is 2.78. The minimum atomic E-state index is -1.27. The molecule has 78 valence electrons. The molecule has 0 fully saturated rings. The molecule has 0 bridgehead atoms. The molecule has 2 N–H and O–H groups in total. The van der Waals surface area contributed by atoms with E-state index in [1.807, 2.05) is 31.2 Å². The van der Waals surface area contributed by atoms with Crippen molar-refractivity contribution in [3.8, 4) is 0 Å². The van der Waals surface area contributed by atoms with Crippen LogP contribution in [0.3, 0.4) is 0 Å². The molecule has 1 aromatic carbocycles. The number of hydrogen-bond acceptors (Lipinski definition) is 1. The molecule has 0 radical (unpaired) electrons. The summed E-state index contributed by atoms with van der Waals surface area (Å²) in [4.78, 5) is 0. The highest BCUT2D eigenvalue weighted by Gasteiger charge is 2.18. The molecule has 14 heavy (non-hydrogen) atoms. The van der Waals surface area contributed by atoms with E-state index >= 15 is 0 Å². The van der Waals surface area contributed by atoms with Crippen molar-refractivity contribution in [2.45, 2.75) is 38.9 Å². The van der Waals surface area contributed by atoms with Gasteiger partial charge in [-0.1, -0.05) is 24.3 Å². The third-order valence-electron chi connectivity index (χ3n) is 2.17. The molecule has 1 rings (SSSR count). The number of rotatable bonds is 3. The molecule has 2 heteroatoms. The summed E-state index contributed by atoms with van der Waals surface area (Å²) >= 11 is 0. The van der Waals surface area contributed by atoms with Crippen LogP contribution in [0.2, 0.25) is 0 Å². The Hall–Kier alpha value is -0.890. The first-order chi connectivity index (χ1) is 6.39. The van der Waals surface area contributed by atoms with Gasteiger partial charge in [0.15, 0.2) is 0 Å². The Balaban J connectivity index is 2.90. The van der Waals surface area contributed by atoms with E-state index in [0.717, 1.165) is 17.5 Å². The van der Waals surface area contributed by atoms with E-state index in [4.69, 9.17) is 5.73 Å². The lowest BCUT2D eigenvalue weighted by atomic mass is 9.96. The van der Waals surface area contributed by atoms with Gasteiger partial charge in [-0.25, -0.2) is 4.39 Å². The predicted molar refractivity (Wildman–Crippen MR) is 57.9 cm³/mol. The fourth-order valence-corrected chi connectivity index (χ4v) is 1.44. The quantitative estimate of drug-likeness (QED) is 0.788. The van der Waals surface area contributed by atoms with Crippen molar-refractivity contribution in [2.75, 3.05) is 0 Å². The minimum absolute atomic E-state index is 0.118. The van der Waals surface area contributed by atoms with Gasteiger partial charge in [0.2, 0.25) is 0 Å². The summed E-state index contributed by atoms with van der Waals surface area (Å²) in [6, 6.07) is 7.69. The highest BCUT2D eigenvalue weighted by Crippen LogP contribution is 2.25. The Labute approximate surface area is 85.1 Å². The van der Waals surface area contributed by atoms with Crippen molar-refractivity contribution in [1.29, 1.82) is 0 Å². The number of benzene rings is 1. The molecule has 0 aliphatic carbocycles. The maximum Gasteiger partial charge on any atom is 0.130 e. The zero-order valence-electron chi connectivity index (χ0n) is 9.05. The van der Waals surface area contributed by atoms with E-state index < -0.39 is 5.67 Å². The molecule has 0 amide bonds. The average molecular weight is 195 g/mol. The van der Waals surface area contributed by atoms with E-state index in [1.54, 1.807) is 13.8 Å². The third kappa shape index (κ3) is 3.11. The van der Waals surface area contributed by atoms with Crippen LogP contribution in [0.15, 0.2) is 24.3 Å². The molecule has 0 aromatic heterocycles. The first kappa shape index (κ1) is 11.2. The molecular formula is C12H18FN. The highest BCUT2D eigenvalue weighted by molar-refractivity contribution is 5.27. The second kappa shape index (κ2) is 4.09. The van der Waals surface area contributed by atoms with Gasteiger partial charge < -0.3 is 5.73 Å². The third-order valence-corrected chi connectivity index (χ3v) is 2.17. The molecule has 1 nitrogen and oxygen atoms in total. The zero-order valence-corrected chi connectivity index (χ0v) is 9.05. The number of halogens is 1. The SMILES string of the molecule is CC(N)Cc1cccc(C(C)(C)F)c1. The van der Waals surface area contributed by atoms with Gasteiger partial charge in [-0.3, -0.25) is 0 Å². The summed E-state index contributed by atoms with van der Waals surface area (Å²) in [5, 5.41) is 0. The van der Waals surface area contributed by atoms with Gasteiger partial charge in [-0.2, -0.15) is 0 Å². The van der Waals surface area contributed by atoms with Crippen molar-refractivity contribution in [3.63, 3.8) is 0 Å². The molecular weight excluding hydrogens is 177 g/mol. The molecule has 0 saturated heterocycles. The van der Waals surface area contributed by atoms with Gasteiger partial charge in [0, 0.05) is 6.04 Å². The molecule has 1 aromatic rings. The Morgan fingerprint density at radius 3 is 2.57 bits per heavy atom. The molecule has 1 atom stereocenters. The van der Waals surface area contributed by atoms with Crippen molar-refractivity contribution >= 4 is 0 Å². The standard InChI is InChI=1S/C12H18FN/c1-9(14)7-10-5-4-6-11(8-10)12(2,3)13/h4-6,8-9H,7,14H2,1-3H3. The summed E-state index contributed by atoms with van der Waals surface area (Å²) < 4.78 is 13.6. The second-order valence-corrected chi connectivity index (χ2v) is 4.35. The summed E-state index contributed by atoms with van der Waals surface area (Å²) in [6.45, 7) is 5.09. The maximum absolute atomic E-state index is 13.6. The van der Waals surface area contributed by atoms with Crippen LogP contribution in [0, 0.1) is 0 Å². The largest absolute Gasteiger partial charge is 0.328 e. The summed E-state index contributed by atoms with van der Waals surface area (Å²) in [7, 11) is 0. The molecule has 1 unspecified atom stereocenters. The van der Waals surface area contributed by atoms with Crippen LogP contribution < -0.4 is 5.73 Å². The van der Waals surface area contributed by atoms with Crippen LogP contribution in [0.4, 0.5) is 4.39 Å². The second-order valence-electron chi connectivity index (χ2n) is 4.35. The topological polar surface area (TPSA) is 26.0 Å². The smallest absolute Gasteiger partial charge is 0.130 e. The summed E-state index contributed by atoms with van der Waals surface area (Å²) in [5.74, 6) is 0. The Kier molecular flexibility index (Phi) is 3.27. The van der Waals surface area contributed by atoms with Gasteiger partial charge in [0.05, 0.1) is 0 Å². The van der Waals surface area contributed by atoms with Crippen molar-refractivity contribution < 1.29 is 4.39 Å². The van der Waals surface area contributed by atoms with Gasteiger partial charge in [-0.05, 0) is 38.3 Å². The zero-order chi connectivity index (χ0) is 10.8. The first-order valence-electron chi connectivity index (χ1n) is 4.93. The first-order valence-corrected chi connectivity index (χ1v) is 4.93. The minimum Gasteiger partial charge on any atom is -0.328 e. The fraction of sp³-hybridized carbons (Fsp3) is 0.500. The number of alkyl halides is 1.